The number of aromatic amines is 1. The normalized spacial score (nSPS) is 32.5. The maximum atomic E-state index is 12.7. The monoisotopic (exact) mass is 423 g/mol. The minimum atomic E-state index is -4.73. The number of carboxylic acids is 2. The summed E-state index contributed by atoms with van der Waals surface area (Å²) >= 11 is 0.752. The highest BCUT2D eigenvalue weighted by molar-refractivity contribution is 7.99. The SMILES string of the molecule is C[C@H](N)C(=O)NC12C(C(=O)O)CC(Sc3n[nH]c(C(F)(F)F)n3)C1C2C(=O)O. The number of nitrogens with zero attached hydrogens (tertiary/aromatic N) is 2. The number of alkyl halides is 3. The molecule has 2 aliphatic rings. The molecule has 14 heteroatoms. The van der Waals surface area contributed by atoms with Crippen LogP contribution in [-0.2, 0) is 20.6 Å². The number of fused-ring (bicyclic) bond motifs is 1. The van der Waals surface area contributed by atoms with Crippen molar-refractivity contribution >= 4 is 29.6 Å². The fourth-order valence-electron chi connectivity index (χ4n) is 3.90. The number of nitrogens with two attached hydrogens (primary N) is 1. The van der Waals surface area contributed by atoms with E-state index in [4.69, 9.17) is 5.73 Å². The van der Waals surface area contributed by atoms with E-state index in [1.165, 1.54) is 6.92 Å². The second kappa shape index (κ2) is 6.62. The summed E-state index contributed by atoms with van der Waals surface area (Å²) in [4.78, 5) is 38.8. The molecule has 0 spiro atoms. The van der Waals surface area contributed by atoms with Gasteiger partial charge in [0.2, 0.25) is 16.9 Å². The van der Waals surface area contributed by atoms with Crippen molar-refractivity contribution in [3.63, 3.8) is 0 Å². The second-order valence-corrected chi connectivity index (χ2v) is 8.01. The molecule has 6 N–H and O–H groups in total. The van der Waals surface area contributed by atoms with Crippen LogP contribution < -0.4 is 11.1 Å². The first-order valence-corrected chi connectivity index (χ1v) is 8.97. The number of aromatic nitrogens is 3. The molecular formula is C14H16F3N5O5S. The molecule has 1 amide bonds. The highest BCUT2D eigenvalue weighted by atomic mass is 32.2. The van der Waals surface area contributed by atoms with E-state index < -0.39 is 64.4 Å². The van der Waals surface area contributed by atoms with E-state index in [-0.39, 0.29) is 11.6 Å². The Bertz CT molecular complexity index is 831. The van der Waals surface area contributed by atoms with Crippen molar-refractivity contribution in [1.82, 2.24) is 20.5 Å². The fourth-order valence-corrected chi connectivity index (χ4v) is 5.23. The Labute approximate surface area is 159 Å². The minimum absolute atomic E-state index is 0.0659. The third-order valence-electron chi connectivity index (χ3n) is 5.07. The maximum Gasteiger partial charge on any atom is 0.451 e. The van der Waals surface area contributed by atoms with E-state index in [9.17, 15) is 37.8 Å². The zero-order valence-corrected chi connectivity index (χ0v) is 15.0. The average molecular weight is 423 g/mol. The first-order chi connectivity index (χ1) is 12.9. The lowest BCUT2D eigenvalue weighted by Gasteiger charge is -2.24. The van der Waals surface area contributed by atoms with Crippen molar-refractivity contribution in [2.45, 2.75) is 41.5 Å². The number of aliphatic carboxylic acids is 2. The molecule has 28 heavy (non-hydrogen) atoms. The lowest BCUT2D eigenvalue weighted by atomic mass is 9.94. The fraction of sp³-hybridized carbons (Fsp3) is 0.643. The van der Waals surface area contributed by atoms with Crippen LogP contribution in [0.3, 0.4) is 0 Å². The zero-order valence-electron chi connectivity index (χ0n) is 14.2. The van der Waals surface area contributed by atoms with Crippen molar-refractivity contribution < 1.29 is 37.8 Å². The molecule has 5 unspecified atom stereocenters. The van der Waals surface area contributed by atoms with Gasteiger partial charge in [-0.15, -0.1) is 5.10 Å². The van der Waals surface area contributed by atoms with Crippen molar-refractivity contribution in [2.75, 3.05) is 0 Å². The molecular weight excluding hydrogens is 407 g/mol. The van der Waals surface area contributed by atoms with Crippen LogP contribution in [0.5, 0.6) is 0 Å². The summed E-state index contributed by atoms with van der Waals surface area (Å²) in [6.07, 6.45) is -4.80. The van der Waals surface area contributed by atoms with Gasteiger partial charge in [0.25, 0.3) is 0 Å². The van der Waals surface area contributed by atoms with Gasteiger partial charge in [-0.25, -0.2) is 0 Å². The number of hydrogen-bond donors (Lipinski definition) is 5. The number of carbonyl (C=O) groups is 3. The Balaban J connectivity index is 1.89. The predicted molar refractivity (Wildman–Crippen MR) is 85.9 cm³/mol. The van der Waals surface area contributed by atoms with Crippen LogP contribution in [0.4, 0.5) is 13.2 Å². The first kappa shape index (κ1) is 20.4. The quantitative estimate of drug-likeness (QED) is 0.420. The molecule has 1 aromatic rings. The molecule has 0 bridgehead atoms. The van der Waals surface area contributed by atoms with Crippen LogP contribution in [0.1, 0.15) is 19.2 Å². The third kappa shape index (κ3) is 3.19. The number of carboxylic acid groups (broad SMARTS) is 2. The number of amides is 1. The summed E-state index contributed by atoms with van der Waals surface area (Å²) < 4.78 is 38.0. The lowest BCUT2D eigenvalue weighted by Crippen LogP contribution is -2.51. The van der Waals surface area contributed by atoms with Gasteiger partial charge in [-0.05, 0) is 13.3 Å². The Hall–Kier alpha value is -2.35. The van der Waals surface area contributed by atoms with Gasteiger partial charge in [-0.2, -0.15) is 18.2 Å². The number of H-pyrrole nitrogens is 1. The van der Waals surface area contributed by atoms with Crippen LogP contribution in [0.15, 0.2) is 5.16 Å². The summed E-state index contributed by atoms with van der Waals surface area (Å²) in [6.45, 7) is 1.36. The van der Waals surface area contributed by atoms with Crippen molar-refractivity contribution in [3.8, 4) is 0 Å². The van der Waals surface area contributed by atoms with Crippen LogP contribution in [-0.4, -0.2) is 60.1 Å². The van der Waals surface area contributed by atoms with E-state index in [2.05, 4.69) is 15.4 Å². The third-order valence-corrected chi connectivity index (χ3v) is 6.25. The van der Waals surface area contributed by atoms with Gasteiger partial charge in [0.1, 0.15) is 0 Å². The smallest absolute Gasteiger partial charge is 0.451 e. The number of thioether (sulfide) groups is 1. The van der Waals surface area contributed by atoms with Gasteiger partial charge >= 0.3 is 18.1 Å². The summed E-state index contributed by atoms with van der Waals surface area (Å²) in [7, 11) is 0. The lowest BCUT2D eigenvalue weighted by molar-refractivity contribution is -0.146. The zero-order chi connectivity index (χ0) is 21.0. The van der Waals surface area contributed by atoms with Gasteiger partial charge in [-0.3, -0.25) is 19.5 Å². The van der Waals surface area contributed by atoms with Crippen LogP contribution >= 0.6 is 11.8 Å². The molecule has 1 heterocycles. The Morgan fingerprint density at radius 3 is 2.46 bits per heavy atom. The summed E-state index contributed by atoms with van der Waals surface area (Å²) in [5.41, 5.74) is 3.94. The van der Waals surface area contributed by atoms with E-state index in [0.717, 1.165) is 11.8 Å². The molecule has 6 atom stereocenters. The molecule has 10 nitrogen and oxygen atoms in total. The molecule has 0 aliphatic heterocycles. The highest BCUT2D eigenvalue weighted by Gasteiger charge is 2.80. The van der Waals surface area contributed by atoms with E-state index in [0.29, 0.717) is 0 Å². The molecule has 0 radical (unpaired) electrons. The summed E-state index contributed by atoms with van der Waals surface area (Å²) in [5.74, 6) is -7.90. The van der Waals surface area contributed by atoms with E-state index >= 15 is 0 Å². The predicted octanol–water partition coefficient (Wildman–Crippen LogP) is -0.0785. The molecule has 0 saturated heterocycles. The Kier molecular flexibility index (Phi) is 4.82. The van der Waals surface area contributed by atoms with Gasteiger partial charge in [0.15, 0.2) is 0 Å². The molecule has 2 fully saturated rings. The molecule has 2 aliphatic carbocycles. The number of halogens is 3. The standard InChI is InChI=1S/C14H16F3N5O5S/c1-3(18)8(23)20-13-4(9(24)25)2-5(6(13)7(13)10(26)27)28-12-19-11(21-22-12)14(15,16)17/h3-7H,2,18H2,1H3,(H,20,23)(H,24,25)(H,26,27)(H,19,21,22)/t3-,4?,5?,6?,7?,13?/m0/s1. The van der Waals surface area contributed by atoms with Crippen molar-refractivity contribution in [3.05, 3.63) is 5.82 Å². The number of hydrogen-bond acceptors (Lipinski definition) is 7. The first-order valence-electron chi connectivity index (χ1n) is 8.09. The van der Waals surface area contributed by atoms with Crippen molar-refractivity contribution in [1.29, 1.82) is 0 Å². The molecule has 2 saturated carbocycles. The number of nitrogens with one attached hydrogen (secondary N) is 2. The van der Waals surface area contributed by atoms with Crippen LogP contribution in [0.25, 0.3) is 0 Å². The largest absolute Gasteiger partial charge is 0.481 e. The van der Waals surface area contributed by atoms with E-state index in [1.807, 2.05) is 0 Å². The average Bonchev–Trinajstić information content (AvgIpc) is 2.87. The molecule has 1 aromatic heterocycles. The number of rotatable bonds is 6. The summed E-state index contributed by atoms with van der Waals surface area (Å²) in [6, 6.07) is -0.992. The topological polar surface area (TPSA) is 171 Å². The van der Waals surface area contributed by atoms with Crippen LogP contribution in [0.2, 0.25) is 0 Å². The van der Waals surface area contributed by atoms with Gasteiger partial charge in [0.05, 0.1) is 23.4 Å². The minimum Gasteiger partial charge on any atom is -0.481 e. The molecule has 0 aromatic carbocycles. The molecule has 154 valence electrons. The van der Waals surface area contributed by atoms with E-state index in [1.54, 1.807) is 5.10 Å². The van der Waals surface area contributed by atoms with Gasteiger partial charge in [-0.1, -0.05) is 11.8 Å². The highest BCUT2D eigenvalue weighted by Crippen LogP contribution is 2.67. The van der Waals surface area contributed by atoms with Crippen LogP contribution in [0, 0.1) is 17.8 Å². The Morgan fingerprint density at radius 2 is 2.00 bits per heavy atom. The second-order valence-electron chi connectivity index (χ2n) is 6.80. The van der Waals surface area contributed by atoms with Crippen molar-refractivity contribution in [2.24, 2.45) is 23.5 Å². The van der Waals surface area contributed by atoms with Gasteiger partial charge in [0, 0.05) is 11.2 Å². The van der Waals surface area contributed by atoms with Gasteiger partial charge < -0.3 is 21.3 Å². The molecule has 3 rings (SSSR count). The maximum absolute atomic E-state index is 12.7. The number of carbonyl (C=O) groups excluding carboxylic acids is 1. The Morgan fingerprint density at radius 1 is 1.36 bits per heavy atom. The summed E-state index contributed by atoms with van der Waals surface area (Å²) in [5, 5.41) is 25.7.